The molecule has 1 aliphatic carbocycles. The second kappa shape index (κ2) is 3.88. The molecule has 5 heteroatoms. The lowest BCUT2D eigenvalue weighted by atomic mass is 10.2. The number of halogens is 1. The Morgan fingerprint density at radius 1 is 1.59 bits per heavy atom. The van der Waals surface area contributed by atoms with E-state index in [1.54, 1.807) is 4.52 Å². The molecule has 1 N–H and O–H groups in total. The molecule has 0 aromatic carbocycles. The molecule has 0 amide bonds. The number of alkyl halides is 1. The van der Waals surface area contributed by atoms with Gasteiger partial charge < -0.3 is 0 Å². The summed E-state index contributed by atoms with van der Waals surface area (Å²) in [7, 11) is 0. The molecule has 1 fully saturated rings. The standard InChI is InChI=1S/C12H14ClN3O/c1-7-9(4-5-13)12(17)16-11(14-7)6-10(15-16)8-2-3-8/h6,8,15H,2-5H2,1H3. The van der Waals surface area contributed by atoms with Crippen LogP contribution in [-0.4, -0.2) is 20.5 Å². The minimum atomic E-state index is -0.0138. The third-order valence-electron chi connectivity index (χ3n) is 3.30. The van der Waals surface area contributed by atoms with Gasteiger partial charge in [-0.3, -0.25) is 9.89 Å². The summed E-state index contributed by atoms with van der Waals surface area (Å²) in [6.07, 6.45) is 2.98. The first-order valence-corrected chi connectivity index (χ1v) is 6.41. The van der Waals surface area contributed by atoms with Crippen LogP contribution < -0.4 is 5.56 Å². The zero-order valence-corrected chi connectivity index (χ0v) is 10.4. The first-order valence-electron chi connectivity index (χ1n) is 5.88. The van der Waals surface area contributed by atoms with Crippen molar-refractivity contribution < 1.29 is 0 Å². The summed E-state index contributed by atoms with van der Waals surface area (Å²) < 4.78 is 1.54. The van der Waals surface area contributed by atoms with E-state index in [1.165, 1.54) is 12.8 Å². The molecule has 0 aliphatic heterocycles. The number of hydrogen-bond acceptors (Lipinski definition) is 2. The monoisotopic (exact) mass is 251 g/mol. The minimum Gasteiger partial charge on any atom is -0.293 e. The number of rotatable bonds is 3. The van der Waals surface area contributed by atoms with Crippen LogP contribution in [0.3, 0.4) is 0 Å². The molecule has 0 atom stereocenters. The van der Waals surface area contributed by atoms with E-state index < -0.39 is 0 Å². The van der Waals surface area contributed by atoms with Gasteiger partial charge in [-0.05, 0) is 26.2 Å². The Bertz CT molecular complexity index is 624. The van der Waals surface area contributed by atoms with Gasteiger partial charge in [-0.2, -0.15) is 0 Å². The fourth-order valence-corrected chi connectivity index (χ4v) is 2.36. The van der Waals surface area contributed by atoms with E-state index in [2.05, 4.69) is 10.1 Å². The highest BCUT2D eigenvalue weighted by Gasteiger charge is 2.26. The summed E-state index contributed by atoms with van der Waals surface area (Å²) in [5.41, 5.74) is 3.32. The van der Waals surface area contributed by atoms with Crippen molar-refractivity contribution in [3.05, 3.63) is 33.4 Å². The molecule has 2 aromatic heterocycles. The van der Waals surface area contributed by atoms with E-state index in [4.69, 9.17) is 11.6 Å². The summed E-state index contributed by atoms with van der Waals surface area (Å²) in [6, 6.07) is 1.98. The molecular weight excluding hydrogens is 238 g/mol. The molecule has 4 nitrogen and oxygen atoms in total. The van der Waals surface area contributed by atoms with Crippen molar-refractivity contribution in [2.24, 2.45) is 0 Å². The smallest absolute Gasteiger partial charge is 0.276 e. The maximum atomic E-state index is 12.2. The van der Waals surface area contributed by atoms with Gasteiger partial charge in [0.05, 0.1) is 0 Å². The van der Waals surface area contributed by atoms with Gasteiger partial charge in [0.25, 0.3) is 5.56 Å². The number of aryl methyl sites for hydroxylation is 1. The van der Waals surface area contributed by atoms with E-state index in [0.717, 1.165) is 11.4 Å². The summed E-state index contributed by atoms with van der Waals surface area (Å²) in [4.78, 5) is 16.7. The van der Waals surface area contributed by atoms with Gasteiger partial charge in [0.2, 0.25) is 0 Å². The summed E-state index contributed by atoms with van der Waals surface area (Å²) in [5, 5.41) is 3.15. The van der Waals surface area contributed by atoms with E-state index in [-0.39, 0.29) is 5.56 Å². The van der Waals surface area contributed by atoms with Gasteiger partial charge >= 0.3 is 0 Å². The van der Waals surface area contributed by atoms with Crippen LogP contribution in [0.5, 0.6) is 0 Å². The molecule has 1 saturated carbocycles. The fraction of sp³-hybridized carbons (Fsp3) is 0.500. The highest BCUT2D eigenvalue weighted by atomic mass is 35.5. The van der Waals surface area contributed by atoms with Crippen LogP contribution in [0, 0.1) is 6.92 Å². The van der Waals surface area contributed by atoms with Crippen LogP contribution in [-0.2, 0) is 6.42 Å². The third-order valence-corrected chi connectivity index (χ3v) is 3.49. The van der Waals surface area contributed by atoms with Gasteiger partial charge in [-0.15, -0.1) is 11.6 Å². The predicted octanol–water partition coefficient (Wildman–Crippen LogP) is 1.99. The number of hydrogen-bond donors (Lipinski definition) is 1. The van der Waals surface area contributed by atoms with Crippen LogP contribution in [0.4, 0.5) is 0 Å². The molecule has 0 bridgehead atoms. The second-order valence-corrected chi connectivity index (χ2v) is 4.98. The molecule has 0 spiro atoms. The lowest BCUT2D eigenvalue weighted by Gasteiger charge is -2.02. The van der Waals surface area contributed by atoms with Gasteiger partial charge in [0, 0.05) is 34.8 Å². The summed E-state index contributed by atoms with van der Waals surface area (Å²) in [6.45, 7) is 1.87. The minimum absolute atomic E-state index is 0.0138. The lowest BCUT2D eigenvalue weighted by Crippen LogP contribution is -2.22. The van der Waals surface area contributed by atoms with E-state index >= 15 is 0 Å². The fourth-order valence-electron chi connectivity index (χ4n) is 2.17. The lowest BCUT2D eigenvalue weighted by molar-refractivity contribution is 0.825. The average Bonchev–Trinajstić information content (AvgIpc) is 3.06. The van der Waals surface area contributed by atoms with Crippen molar-refractivity contribution in [3.8, 4) is 0 Å². The highest BCUT2D eigenvalue weighted by Crippen LogP contribution is 2.39. The number of H-pyrrole nitrogens is 1. The van der Waals surface area contributed by atoms with E-state index in [9.17, 15) is 4.79 Å². The van der Waals surface area contributed by atoms with Gasteiger partial charge in [-0.25, -0.2) is 9.50 Å². The van der Waals surface area contributed by atoms with Crippen LogP contribution >= 0.6 is 11.6 Å². The van der Waals surface area contributed by atoms with Crippen LogP contribution in [0.2, 0.25) is 0 Å². The topological polar surface area (TPSA) is 50.2 Å². The van der Waals surface area contributed by atoms with Crippen LogP contribution in [0.25, 0.3) is 5.65 Å². The van der Waals surface area contributed by atoms with Gasteiger partial charge in [-0.1, -0.05) is 0 Å². The number of nitrogens with zero attached hydrogens (tertiary/aromatic N) is 2. The molecular formula is C12H14ClN3O. The number of aromatic nitrogens is 3. The Morgan fingerprint density at radius 3 is 3.00 bits per heavy atom. The van der Waals surface area contributed by atoms with Crippen LogP contribution in [0.15, 0.2) is 10.9 Å². The zero-order chi connectivity index (χ0) is 12.0. The molecule has 90 valence electrons. The number of fused-ring (bicyclic) bond motifs is 1. The Labute approximate surface area is 104 Å². The molecule has 2 heterocycles. The maximum Gasteiger partial charge on any atom is 0.276 e. The third kappa shape index (κ3) is 1.76. The average molecular weight is 252 g/mol. The zero-order valence-electron chi connectivity index (χ0n) is 9.66. The summed E-state index contributed by atoms with van der Waals surface area (Å²) >= 11 is 5.71. The van der Waals surface area contributed by atoms with Crippen molar-refractivity contribution in [2.75, 3.05) is 5.88 Å². The summed E-state index contributed by atoms with van der Waals surface area (Å²) in [5.74, 6) is 1.04. The van der Waals surface area contributed by atoms with E-state index in [1.807, 2.05) is 13.0 Å². The first kappa shape index (κ1) is 10.8. The van der Waals surface area contributed by atoms with Crippen molar-refractivity contribution in [1.82, 2.24) is 14.6 Å². The quantitative estimate of drug-likeness (QED) is 0.849. The van der Waals surface area contributed by atoms with Crippen LogP contribution in [0.1, 0.15) is 35.7 Å². The predicted molar refractivity (Wildman–Crippen MR) is 66.9 cm³/mol. The molecule has 3 rings (SSSR count). The SMILES string of the molecule is Cc1nc2cc(C3CC3)[nH]n2c(=O)c1CCCl. The Kier molecular flexibility index (Phi) is 2.47. The van der Waals surface area contributed by atoms with Gasteiger partial charge in [0.1, 0.15) is 0 Å². The Balaban J connectivity index is 2.21. The second-order valence-electron chi connectivity index (χ2n) is 4.60. The van der Waals surface area contributed by atoms with Crippen molar-refractivity contribution in [1.29, 1.82) is 0 Å². The molecule has 2 aromatic rings. The van der Waals surface area contributed by atoms with E-state index in [0.29, 0.717) is 29.4 Å². The Hall–Kier alpha value is -1.29. The normalized spacial score (nSPS) is 15.6. The molecule has 0 unspecified atom stereocenters. The number of nitrogens with one attached hydrogen (secondary N) is 1. The highest BCUT2D eigenvalue weighted by molar-refractivity contribution is 6.17. The van der Waals surface area contributed by atoms with Crippen molar-refractivity contribution in [3.63, 3.8) is 0 Å². The van der Waals surface area contributed by atoms with Gasteiger partial charge in [0.15, 0.2) is 5.65 Å². The largest absolute Gasteiger partial charge is 0.293 e. The Morgan fingerprint density at radius 2 is 2.35 bits per heavy atom. The number of aromatic amines is 1. The first-order chi connectivity index (χ1) is 8.20. The molecule has 0 radical (unpaired) electrons. The van der Waals surface area contributed by atoms with Crippen molar-refractivity contribution in [2.45, 2.75) is 32.1 Å². The maximum absolute atomic E-state index is 12.2. The molecule has 0 saturated heterocycles. The molecule has 17 heavy (non-hydrogen) atoms. The molecule has 1 aliphatic rings. The van der Waals surface area contributed by atoms with Crippen molar-refractivity contribution >= 4 is 17.2 Å².